The third kappa shape index (κ3) is 5.69. The number of ether oxygens (including phenoxy) is 1. The molecule has 0 saturated heterocycles. The second-order valence-corrected chi connectivity index (χ2v) is 8.41. The van der Waals surface area contributed by atoms with Gasteiger partial charge in [0.25, 0.3) is 0 Å². The maximum atomic E-state index is 13.2. The molecule has 7 nitrogen and oxygen atoms in total. The van der Waals surface area contributed by atoms with Gasteiger partial charge in [0, 0.05) is 22.0 Å². The Hall–Kier alpha value is -3.95. The number of aromatic nitrogens is 1. The van der Waals surface area contributed by atoms with Crippen molar-refractivity contribution in [3.63, 3.8) is 0 Å². The van der Waals surface area contributed by atoms with E-state index in [1.807, 2.05) is 0 Å². The van der Waals surface area contributed by atoms with Crippen molar-refractivity contribution in [1.82, 2.24) is 4.98 Å². The van der Waals surface area contributed by atoms with E-state index in [0.717, 1.165) is 17.0 Å². The number of nitrogens with zero attached hydrogens (tertiary/aromatic N) is 1. The van der Waals surface area contributed by atoms with Crippen LogP contribution in [0.5, 0.6) is 5.75 Å². The zero-order valence-electron chi connectivity index (χ0n) is 17.8. The number of rotatable bonds is 7. The predicted molar refractivity (Wildman–Crippen MR) is 132 cm³/mol. The maximum Gasteiger partial charge on any atom is 0.324 e. The molecule has 0 bridgehead atoms. The van der Waals surface area contributed by atoms with Crippen LogP contribution in [0, 0.1) is 5.82 Å². The SMILES string of the molecule is COc1ccc(Nc2nc(NC(=O)Nc3ccc(F)cc3)c(C(=O)c3ccc(Cl)cc3)s2)cc1. The van der Waals surface area contributed by atoms with E-state index in [2.05, 4.69) is 20.9 Å². The lowest BCUT2D eigenvalue weighted by Gasteiger charge is -2.07. The molecule has 1 heterocycles. The van der Waals surface area contributed by atoms with Crippen LogP contribution in [0.25, 0.3) is 0 Å². The fourth-order valence-electron chi connectivity index (χ4n) is 2.95. The highest BCUT2D eigenvalue weighted by Crippen LogP contribution is 2.32. The number of halogens is 2. The van der Waals surface area contributed by atoms with Crippen molar-refractivity contribution in [1.29, 1.82) is 0 Å². The summed E-state index contributed by atoms with van der Waals surface area (Å²) in [5.74, 6) is 0.0354. The molecular weight excluding hydrogens is 479 g/mol. The van der Waals surface area contributed by atoms with Gasteiger partial charge in [0.05, 0.1) is 7.11 Å². The highest BCUT2D eigenvalue weighted by molar-refractivity contribution is 7.18. The molecule has 3 aromatic carbocycles. The Labute approximate surface area is 203 Å². The summed E-state index contributed by atoms with van der Waals surface area (Å²) in [7, 11) is 1.58. The lowest BCUT2D eigenvalue weighted by atomic mass is 10.1. The Balaban J connectivity index is 1.60. The van der Waals surface area contributed by atoms with Crippen LogP contribution >= 0.6 is 22.9 Å². The zero-order valence-corrected chi connectivity index (χ0v) is 19.3. The van der Waals surface area contributed by atoms with Gasteiger partial charge in [-0.15, -0.1) is 0 Å². The summed E-state index contributed by atoms with van der Waals surface area (Å²) < 4.78 is 18.3. The Morgan fingerprint density at radius 1 is 0.912 bits per heavy atom. The minimum Gasteiger partial charge on any atom is -0.497 e. The molecule has 0 aliphatic rings. The number of anilines is 4. The lowest BCUT2D eigenvalue weighted by molar-refractivity contribution is 0.104. The third-order valence-electron chi connectivity index (χ3n) is 4.62. The fraction of sp³-hybridized carbons (Fsp3) is 0.0417. The molecule has 172 valence electrons. The number of carbonyl (C=O) groups is 2. The van der Waals surface area contributed by atoms with Crippen LogP contribution in [0.1, 0.15) is 15.2 Å². The Kier molecular flexibility index (Phi) is 7.05. The number of nitrogens with one attached hydrogen (secondary N) is 3. The summed E-state index contributed by atoms with van der Waals surface area (Å²) in [5.41, 5.74) is 1.50. The van der Waals surface area contributed by atoms with Crippen molar-refractivity contribution in [2.75, 3.05) is 23.1 Å². The number of carbonyl (C=O) groups excluding carboxylic acids is 2. The molecule has 4 aromatic rings. The van der Waals surface area contributed by atoms with Gasteiger partial charge in [0.15, 0.2) is 10.9 Å². The van der Waals surface area contributed by atoms with Crippen molar-refractivity contribution in [3.05, 3.63) is 94.1 Å². The first-order chi connectivity index (χ1) is 16.4. The Morgan fingerprint density at radius 2 is 1.56 bits per heavy atom. The Morgan fingerprint density at radius 3 is 2.21 bits per heavy atom. The first kappa shape index (κ1) is 23.2. The highest BCUT2D eigenvalue weighted by atomic mass is 35.5. The average Bonchev–Trinajstić information content (AvgIpc) is 3.22. The van der Waals surface area contributed by atoms with E-state index in [9.17, 15) is 14.0 Å². The molecule has 0 radical (unpaired) electrons. The van der Waals surface area contributed by atoms with Crippen LogP contribution < -0.4 is 20.7 Å². The molecule has 0 aliphatic heterocycles. The molecule has 0 atom stereocenters. The minimum absolute atomic E-state index is 0.0839. The number of benzene rings is 3. The standard InChI is InChI=1S/C24H18ClFN4O3S/c1-33-19-12-10-18(11-13-19)28-24-30-22(29-23(32)27-17-8-6-16(26)7-9-17)21(34-24)20(31)14-2-4-15(25)5-3-14/h2-13H,1H3,(H,28,30)(H2,27,29,32). The predicted octanol–water partition coefficient (Wildman–Crippen LogP) is 6.56. The number of hydrogen-bond acceptors (Lipinski definition) is 6. The first-order valence-electron chi connectivity index (χ1n) is 9.97. The highest BCUT2D eigenvalue weighted by Gasteiger charge is 2.22. The van der Waals surface area contributed by atoms with Gasteiger partial charge in [-0.3, -0.25) is 10.1 Å². The summed E-state index contributed by atoms with van der Waals surface area (Å²) in [6.07, 6.45) is 0. The number of amides is 2. The molecule has 34 heavy (non-hydrogen) atoms. The molecule has 3 N–H and O–H groups in total. The van der Waals surface area contributed by atoms with Gasteiger partial charge >= 0.3 is 6.03 Å². The Bertz CT molecular complexity index is 1310. The van der Waals surface area contributed by atoms with Crippen molar-refractivity contribution in [3.8, 4) is 5.75 Å². The smallest absolute Gasteiger partial charge is 0.324 e. The topological polar surface area (TPSA) is 92.3 Å². The van der Waals surface area contributed by atoms with Crippen molar-refractivity contribution in [2.45, 2.75) is 0 Å². The van der Waals surface area contributed by atoms with Crippen LogP contribution in [0.15, 0.2) is 72.8 Å². The van der Waals surface area contributed by atoms with Crippen molar-refractivity contribution >= 4 is 57.1 Å². The van der Waals surface area contributed by atoms with Gasteiger partial charge in [0.1, 0.15) is 16.4 Å². The summed E-state index contributed by atoms with van der Waals surface area (Å²) in [4.78, 5) is 30.4. The van der Waals surface area contributed by atoms with E-state index in [4.69, 9.17) is 16.3 Å². The van der Waals surface area contributed by atoms with Crippen LogP contribution in [-0.4, -0.2) is 23.9 Å². The van der Waals surface area contributed by atoms with Crippen molar-refractivity contribution in [2.24, 2.45) is 0 Å². The van der Waals surface area contributed by atoms with Gasteiger partial charge in [0.2, 0.25) is 5.78 Å². The second kappa shape index (κ2) is 10.3. The summed E-state index contributed by atoms with van der Waals surface area (Å²) in [6.45, 7) is 0. The van der Waals surface area contributed by atoms with E-state index < -0.39 is 11.8 Å². The third-order valence-corrected chi connectivity index (χ3v) is 5.84. The van der Waals surface area contributed by atoms with E-state index in [1.54, 1.807) is 55.6 Å². The molecule has 0 saturated carbocycles. The van der Waals surface area contributed by atoms with E-state index >= 15 is 0 Å². The van der Waals surface area contributed by atoms with E-state index in [1.165, 1.54) is 24.3 Å². The van der Waals surface area contributed by atoms with Gasteiger partial charge in [-0.25, -0.2) is 14.2 Å². The van der Waals surface area contributed by atoms with Gasteiger partial charge in [-0.05, 0) is 72.8 Å². The fourth-order valence-corrected chi connectivity index (χ4v) is 3.97. The maximum absolute atomic E-state index is 13.2. The van der Waals surface area contributed by atoms with Crippen molar-refractivity contribution < 1.29 is 18.7 Å². The summed E-state index contributed by atoms with van der Waals surface area (Å²) in [5, 5.41) is 9.22. The number of ketones is 1. The zero-order chi connectivity index (χ0) is 24.1. The monoisotopic (exact) mass is 496 g/mol. The number of hydrogen-bond donors (Lipinski definition) is 3. The van der Waals surface area contributed by atoms with E-state index in [-0.39, 0.29) is 16.5 Å². The quantitative estimate of drug-likeness (QED) is 0.252. The molecule has 0 fully saturated rings. The van der Waals surface area contributed by atoms with Gasteiger partial charge in [-0.2, -0.15) is 0 Å². The number of thiazole rings is 1. The normalized spacial score (nSPS) is 10.4. The number of urea groups is 1. The number of methoxy groups -OCH3 is 1. The van der Waals surface area contributed by atoms with Crippen LogP contribution in [0.2, 0.25) is 5.02 Å². The van der Waals surface area contributed by atoms with E-state index in [0.29, 0.717) is 27.2 Å². The molecule has 2 amide bonds. The molecular formula is C24H18ClFN4O3S. The average molecular weight is 497 g/mol. The molecule has 10 heteroatoms. The molecule has 0 unspecified atom stereocenters. The summed E-state index contributed by atoms with van der Waals surface area (Å²) in [6, 6.07) is 18.3. The first-order valence-corrected chi connectivity index (χ1v) is 11.2. The van der Waals surface area contributed by atoms with Gasteiger partial charge < -0.3 is 15.4 Å². The molecule has 1 aromatic heterocycles. The van der Waals surface area contributed by atoms with Gasteiger partial charge in [-0.1, -0.05) is 22.9 Å². The minimum atomic E-state index is -0.627. The van der Waals surface area contributed by atoms with Crippen LogP contribution in [-0.2, 0) is 0 Å². The molecule has 0 spiro atoms. The second-order valence-electron chi connectivity index (χ2n) is 6.97. The lowest BCUT2D eigenvalue weighted by Crippen LogP contribution is -2.21. The summed E-state index contributed by atoms with van der Waals surface area (Å²) >= 11 is 7.03. The van der Waals surface area contributed by atoms with Crippen LogP contribution in [0.4, 0.5) is 31.5 Å². The van der Waals surface area contributed by atoms with Crippen LogP contribution in [0.3, 0.4) is 0 Å². The molecule has 4 rings (SSSR count). The largest absolute Gasteiger partial charge is 0.497 e. The molecule has 0 aliphatic carbocycles.